The number of nitrogens with one attached hydrogen (secondary N) is 1. The second-order valence-corrected chi connectivity index (χ2v) is 3.88. The van der Waals surface area contributed by atoms with Crippen molar-refractivity contribution in [3.05, 3.63) is 41.0 Å². The Morgan fingerprint density at radius 1 is 1.06 bits per heavy atom. The van der Waals surface area contributed by atoms with Gasteiger partial charge in [-0.2, -0.15) is 0 Å². The van der Waals surface area contributed by atoms with Crippen molar-refractivity contribution in [1.82, 2.24) is 0 Å². The summed E-state index contributed by atoms with van der Waals surface area (Å²) in [5, 5.41) is 11.4. The fourth-order valence-electron chi connectivity index (χ4n) is 1.19. The molecule has 4 nitrogen and oxygen atoms in total. The fraction of sp³-hybridized carbons (Fsp3) is 0.231. The van der Waals surface area contributed by atoms with Crippen molar-refractivity contribution in [1.29, 1.82) is 0 Å². The highest BCUT2D eigenvalue weighted by Gasteiger charge is 2.12. The first-order valence-electron chi connectivity index (χ1n) is 5.20. The van der Waals surface area contributed by atoms with Crippen LogP contribution in [0.4, 0.5) is 5.69 Å². The molecule has 0 unspecified atom stereocenters. The average Bonchev–Trinajstić information content (AvgIpc) is 2.30. The topological polar surface area (TPSA) is 66.4 Å². The Morgan fingerprint density at radius 3 is 2.06 bits per heavy atom. The van der Waals surface area contributed by atoms with Crippen LogP contribution in [0, 0.1) is 6.92 Å². The standard InChI is InChI=1S/C13H15NO3/c1-8-4-6-11(7-5-8)14-12(15)9(2)10(3)13(16)17/h4-7H,1-3H3,(H,14,15)(H,16,17)/b10-9-. The maximum absolute atomic E-state index is 11.7. The summed E-state index contributed by atoms with van der Waals surface area (Å²) < 4.78 is 0. The molecule has 0 saturated carbocycles. The number of anilines is 1. The summed E-state index contributed by atoms with van der Waals surface area (Å²) in [5.41, 5.74) is 2.00. The molecule has 17 heavy (non-hydrogen) atoms. The van der Waals surface area contributed by atoms with Crippen LogP contribution in [0.25, 0.3) is 0 Å². The van der Waals surface area contributed by atoms with E-state index in [4.69, 9.17) is 5.11 Å². The molecule has 1 amide bonds. The van der Waals surface area contributed by atoms with Gasteiger partial charge < -0.3 is 10.4 Å². The number of hydrogen-bond donors (Lipinski definition) is 2. The van der Waals surface area contributed by atoms with Crippen molar-refractivity contribution in [3.63, 3.8) is 0 Å². The molecule has 0 radical (unpaired) electrons. The van der Waals surface area contributed by atoms with Crippen LogP contribution in [0.5, 0.6) is 0 Å². The van der Waals surface area contributed by atoms with E-state index in [1.165, 1.54) is 13.8 Å². The molecular weight excluding hydrogens is 218 g/mol. The smallest absolute Gasteiger partial charge is 0.331 e. The van der Waals surface area contributed by atoms with E-state index in [-0.39, 0.29) is 11.1 Å². The van der Waals surface area contributed by atoms with Crippen molar-refractivity contribution < 1.29 is 14.7 Å². The Kier molecular flexibility index (Phi) is 4.04. The van der Waals surface area contributed by atoms with Gasteiger partial charge in [0, 0.05) is 16.8 Å². The number of carbonyl (C=O) groups is 2. The summed E-state index contributed by atoms with van der Waals surface area (Å²) in [6.07, 6.45) is 0. The fourth-order valence-corrected chi connectivity index (χ4v) is 1.19. The molecule has 0 aliphatic rings. The number of carbonyl (C=O) groups excluding carboxylic acids is 1. The van der Waals surface area contributed by atoms with E-state index < -0.39 is 11.9 Å². The van der Waals surface area contributed by atoms with Crippen LogP contribution >= 0.6 is 0 Å². The molecule has 0 spiro atoms. The van der Waals surface area contributed by atoms with E-state index in [2.05, 4.69) is 5.32 Å². The normalized spacial score (nSPS) is 11.7. The van der Waals surface area contributed by atoms with E-state index in [0.29, 0.717) is 5.69 Å². The highest BCUT2D eigenvalue weighted by Crippen LogP contribution is 2.11. The van der Waals surface area contributed by atoms with Crippen LogP contribution in [0.2, 0.25) is 0 Å². The summed E-state index contributed by atoms with van der Waals surface area (Å²) in [6.45, 7) is 4.85. The third-order valence-electron chi connectivity index (χ3n) is 2.53. The minimum atomic E-state index is -1.08. The molecular formula is C13H15NO3. The average molecular weight is 233 g/mol. The monoisotopic (exact) mass is 233 g/mol. The molecule has 90 valence electrons. The van der Waals surface area contributed by atoms with Crippen LogP contribution in [-0.2, 0) is 9.59 Å². The summed E-state index contributed by atoms with van der Waals surface area (Å²) in [5.74, 6) is -1.48. The van der Waals surface area contributed by atoms with Gasteiger partial charge in [0.15, 0.2) is 0 Å². The molecule has 0 heterocycles. The molecule has 1 aromatic carbocycles. The van der Waals surface area contributed by atoms with Crippen LogP contribution in [0.15, 0.2) is 35.4 Å². The SMILES string of the molecule is C/C(C(=O)O)=C(\C)C(=O)Nc1ccc(C)cc1. The Bertz CT molecular complexity index is 472. The first-order valence-corrected chi connectivity index (χ1v) is 5.20. The first kappa shape index (κ1) is 13.0. The molecule has 0 aromatic heterocycles. The summed E-state index contributed by atoms with van der Waals surface area (Å²) in [4.78, 5) is 22.4. The maximum Gasteiger partial charge on any atom is 0.331 e. The van der Waals surface area contributed by atoms with E-state index in [1.54, 1.807) is 12.1 Å². The van der Waals surface area contributed by atoms with Crippen molar-refractivity contribution >= 4 is 17.6 Å². The summed E-state index contributed by atoms with van der Waals surface area (Å²) in [6, 6.07) is 7.30. The number of aryl methyl sites for hydroxylation is 1. The largest absolute Gasteiger partial charge is 0.478 e. The zero-order valence-corrected chi connectivity index (χ0v) is 10.1. The molecule has 0 bridgehead atoms. The summed E-state index contributed by atoms with van der Waals surface area (Å²) in [7, 11) is 0. The Labute approximate surface area is 100.0 Å². The highest BCUT2D eigenvalue weighted by molar-refractivity contribution is 6.08. The van der Waals surface area contributed by atoms with E-state index >= 15 is 0 Å². The predicted molar refractivity (Wildman–Crippen MR) is 65.8 cm³/mol. The van der Waals surface area contributed by atoms with Crippen LogP contribution in [0.1, 0.15) is 19.4 Å². The first-order chi connectivity index (χ1) is 7.91. The second-order valence-electron chi connectivity index (χ2n) is 3.88. The minimum absolute atomic E-state index is 0.0506. The lowest BCUT2D eigenvalue weighted by Gasteiger charge is -2.07. The number of hydrogen-bond acceptors (Lipinski definition) is 2. The molecule has 1 aromatic rings. The van der Waals surface area contributed by atoms with Crippen LogP contribution < -0.4 is 5.32 Å². The van der Waals surface area contributed by atoms with Gasteiger partial charge in [0.05, 0.1) is 0 Å². The van der Waals surface area contributed by atoms with Gasteiger partial charge in [-0.15, -0.1) is 0 Å². The Morgan fingerprint density at radius 2 is 1.59 bits per heavy atom. The molecule has 0 fully saturated rings. The van der Waals surface area contributed by atoms with Gasteiger partial charge in [0.2, 0.25) is 0 Å². The number of rotatable bonds is 3. The lowest BCUT2D eigenvalue weighted by atomic mass is 10.1. The number of benzene rings is 1. The van der Waals surface area contributed by atoms with Gasteiger partial charge in [0.25, 0.3) is 5.91 Å². The third kappa shape index (κ3) is 3.45. The van der Waals surface area contributed by atoms with Crippen molar-refractivity contribution in [2.24, 2.45) is 0 Å². The van der Waals surface area contributed by atoms with E-state index in [1.807, 2.05) is 19.1 Å². The quantitative estimate of drug-likeness (QED) is 0.787. The highest BCUT2D eigenvalue weighted by atomic mass is 16.4. The number of amides is 1. The van der Waals surface area contributed by atoms with Gasteiger partial charge >= 0.3 is 5.97 Å². The van der Waals surface area contributed by atoms with E-state index in [0.717, 1.165) is 5.56 Å². The van der Waals surface area contributed by atoms with Crippen molar-refractivity contribution in [2.45, 2.75) is 20.8 Å². The minimum Gasteiger partial charge on any atom is -0.478 e. The van der Waals surface area contributed by atoms with Gasteiger partial charge in [-0.25, -0.2) is 4.79 Å². The Balaban J connectivity index is 2.83. The molecule has 0 atom stereocenters. The lowest BCUT2D eigenvalue weighted by molar-refractivity contribution is -0.133. The van der Waals surface area contributed by atoms with Gasteiger partial charge in [-0.1, -0.05) is 17.7 Å². The van der Waals surface area contributed by atoms with Gasteiger partial charge in [-0.3, -0.25) is 4.79 Å². The predicted octanol–water partition coefficient (Wildman–Crippen LogP) is 2.35. The third-order valence-corrected chi connectivity index (χ3v) is 2.53. The Hall–Kier alpha value is -2.10. The molecule has 1 rings (SSSR count). The molecule has 0 aliphatic heterocycles. The maximum atomic E-state index is 11.7. The zero-order chi connectivity index (χ0) is 13.0. The molecule has 4 heteroatoms. The van der Waals surface area contributed by atoms with Crippen LogP contribution in [0.3, 0.4) is 0 Å². The molecule has 2 N–H and O–H groups in total. The van der Waals surface area contributed by atoms with Crippen molar-refractivity contribution in [3.8, 4) is 0 Å². The number of aliphatic carboxylic acids is 1. The van der Waals surface area contributed by atoms with E-state index in [9.17, 15) is 9.59 Å². The molecule has 0 saturated heterocycles. The lowest BCUT2D eigenvalue weighted by Crippen LogP contribution is -2.16. The van der Waals surface area contributed by atoms with Crippen molar-refractivity contribution in [2.75, 3.05) is 5.32 Å². The molecule has 0 aliphatic carbocycles. The second kappa shape index (κ2) is 5.30. The number of carboxylic acids is 1. The summed E-state index contributed by atoms with van der Waals surface area (Å²) >= 11 is 0. The number of carboxylic acid groups (broad SMARTS) is 1. The van der Waals surface area contributed by atoms with Gasteiger partial charge in [0.1, 0.15) is 0 Å². The zero-order valence-electron chi connectivity index (χ0n) is 10.1. The van der Waals surface area contributed by atoms with Crippen LogP contribution in [-0.4, -0.2) is 17.0 Å². The van der Waals surface area contributed by atoms with Gasteiger partial charge in [-0.05, 0) is 32.9 Å².